The summed E-state index contributed by atoms with van der Waals surface area (Å²) >= 11 is 0. The summed E-state index contributed by atoms with van der Waals surface area (Å²) < 4.78 is 18.7. The largest absolute Gasteiger partial charge is 0.312 e. The first-order valence-corrected chi connectivity index (χ1v) is 6.39. The van der Waals surface area contributed by atoms with Crippen molar-refractivity contribution in [3.8, 4) is 0 Å². The molecule has 1 rings (SSSR count). The van der Waals surface area contributed by atoms with Crippen LogP contribution in [0.2, 0.25) is 0 Å². The lowest BCUT2D eigenvalue weighted by Gasteiger charge is -2.26. The minimum absolute atomic E-state index is 0.491. The minimum atomic E-state index is -2.19. The molecule has 2 N–H and O–H groups in total. The summed E-state index contributed by atoms with van der Waals surface area (Å²) in [5.41, 5.74) is 0. The molecule has 0 amide bonds. The van der Waals surface area contributed by atoms with Crippen LogP contribution in [0.5, 0.6) is 0 Å². The van der Waals surface area contributed by atoms with Crippen molar-refractivity contribution in [1.29, 1.82) is 4.78 Å². The number of nitrogens with one attached hydrogen (secondary N) is 2. The maximum atomic E-state index is 11.3. The molecular formula is C8H18N2OS. The lowest BCUT2D eigenvalue weighted by molar-refractivity contribution is 0.434. The molecule has 0 bridgehead atoms. The monoisotopic (exact) mass is 190 g/mol. The fourth-order valence-electron chi connectivity index (χ4n) is 1.55. The second-order valence-electron chi connectivity index (χ2n) is 3.82. The highest BCUT2D eigenvalue weighted by Gasteiger charge is 2.20. The van der Waals surface area contributed by atoms with Gasteiger partial charge in [0.2, 0.25) is 0 Å². The lowest BCUT2D eigenvalue weighted by Crippen LogP contribution is -2.40. The second kappa shape index (κ2) is 3.75. The smallest absolute Gasteiger partial charge is 0.0442 e. The van der Waals surface area contributed by atoms with Gasteiger partial charge in [-0.15, -0.1) is 0 Å². The molecule has 0 aromatic carbocycles. The average Bonchev–Trinajstić information content (AvgIpc) is 1.93. The van der Waals surface area contributed by atoms with Gasteiger partial charge in [0.05, 0.1) is 0 Å². The molecular weight excluding hydrogens is 172 g/mol. The molecule has 0 radical (unpaired) electrons. The lowest BCUT2D eigenvalue weighted by atomic mass is 10.1. The van der Waals surface area contributed by atoms with Crippen molar-refractivity contribution < 1.29 is 4.21 Å². The highest BCUT2D eigenvalue weighted by Crippen LogP contribution is 2.13. The molecule has 3 nitrogen and oxygen atoms in total. The number of hydrogen-bond donors (Lipinski definition) is 2. The van der Waals surface area contributed by atoms with Gasteiger partial charge in [-0.25, -0.2) is 4.21 Å². The number of rotatable bonds is 2. The third-order valence-electron chi connectivity index (χ3n) is 2.16. The van der Waals surface area contributed by atoms with Crippen molar-refractivity contribution in [2.24, 2.45) is 0 Å². The van der Waals surface area contributed by atoms with Crippen LogP contribution in [0.4, 0.5) is 0 Å². The molecule has 0 spiro atoms. The maximum absolute atomic E-state index is 11.3. The Bertz CT molecular complexity index is 219. The zero-order valence-corrected chi connectivity index (χ0v) is 8.62. The highest BCUT2D eigenvalue weighted by atomic mass is 32.2. The van der Waals surface area contributed by atoms with Crippen LogP contribution in [0.3, 0.4) is 0 Å². The third-order valence-corrected chi connectivity index (χ3v) is 3.95. The SMILES string of the molecule is CC(C)NC1CCS(=N)(=O)CC1. The van der Waals surface area contributed by atoms with Crippen LogP contribution in [-0.4, -0.2) is 27.8 Å². The predicted molar refractivity (Wildman–Crippen MR) is 51.9 cm³/mol. The van der Waals surface area contributed by atoms with Gasteiger partial charge in [-0.2, -0.15) is 0 Å². The van der Waals surface area contributed by atoms with Gasteiger partial charge in [-0.1, -0.05) is 13.8 Å². The molecule has 4 heteroatoms. The minimum Gasteiger partial charge on any atom is -0.312 e. The van der Waals surface area contributed by atoms with Gasteiger partial charge >= 0.3 is 0 Å². The molecule has 0 aromatic rings. The Morgan fingerprint density at radius 1 is 1.42 bits per heavy atom. The Balaban J connectivity index is 2.36. The standard InChI is InChI=1S/C8H18N2OS/c1-7(2)10-8-3-5-12(9,11)6-4-8/h7-10H,3-6H2,1-2H3. The van der Waals surface area contributed by atoms with E-state index in [1.54, 1.807) is 0 Å². The summed E-state index contributed by atoms with van der Waals surface area (Å²) in [5, 5.41) is 3.41. The first-order chi connectivity index (χ1) is 5.49. The van der Waals surface area contributed by atoms with Crippen LogP contribution in [-0.2, 0) is 9.73 Å². The summed E-state index contributed by atoms with van der Waals surface area (Å²) in [6.45, 7) is 4.24. The van der Waals surface area contributed by atoms with E-state index in [-0.39, 0.29) is 0 Å². The fraction of sp³-hybridized carbons (Fsp3) is 1.00. The zero-order chi connectivity index (χ0) is 9.19. The van der Waals surface area contributed by atoms with E-state index in [1.165, 1.54) is 0 Å². The van der Waals surface area contributed by atoms with Crippen LogP contribution in [0.25, 0.3) is 0 Å². The maximum Gasteiger partial charge on any atom is 0.0442 e. The van der Waals surface area contributed by atoms with Crippen LogP contribution in [0, 0.1) is 4.78 Å². The molecule has 0 unspecified atom stereocenters. The van der Waals surface area contributed by atoms with Gasteiger partial charge in [-0.3, -0.25) is 4.78 Å². The van der Waals surface area contributed by atoms with Crippen LogP contribution >= 0.6 is 0 Å². The van der Waals surface area contributed by atoms with Crippen molar-refractivity contribution in [2.45, 2.75) is 38.8 Å². The first-order valence-electron chi connectivity index (χ1n) is 4.50. The van der Waals surface area contributed by atoms with Crippen molar-refractivity contribution in [3.63, 3.8) is 0 Å². The summed E-state index contributed by atoms with van der Waals surface area (Å²) in [5.74, 6) is 1.16. The van der Waals surface area contributed by atoms with Gasteiger partial charge in [-0.05, 0) is 12.8 Å². The van der Waals surface area contributed by atoms with E-state index >= 15 is 0 Å². The Labute approximate surface area is 74.9 Å². The van der Waals surface area contributed by atoms with Crippen molar-refractivity contribution in [1.82, 2.24) is 5.32 Å². The van der Waals surface area contributed by atoms with Crippen LogP contribution in [0.15, 0.2) is 0 Å². The van der Waals surface area contributed by atoms with Crippen molar-refractivity contribution in [3.05, 3.63) is 0 Å². The van der Waals surface area contributed by atoms with Crippen molar-refractivity contribution >= 4 is 9.73 Å². The summed E-state index contributed by atoms with van der Waals surface area (Å²) in [4.78, 5) is 0. The third kappa shape index (κ3) is 3.11. The average molecular weight is 190 g/mol. The molecule has 12 heavy (non-hydrogen) atoms. The molecule has 0 aliphatic carbocycles. The molecule has 1 saturated heterocycles. The van der Waals surface area contributed by atoms with Gasteiger partial charge < -0.3 is 5.32 Å². The molecule has 1 heterocycles. The van der Waals surface area contributed by atoms with E-state index in [1.807, 2.05) is 0 Å². The van der Waals surface area contributed by atoms with E-state index < -0.39 is 9.73 Å². The molecule has 72 valence electrons. The molecule has 0 saturated carbocycles. The fourth-order valence-corrected chi connectivity index (χ4v) is 3.08. The Morgan fingerprint density at radius 3 is 2.33 bits per heavy atom. The Kier molecular flexibility index (Phi) is 3.12. The van der Waals surface area contributed by atoms with Gasteiger partial charge in [0.15, 0.2) is 0 Å². The normalized spacial score (nSPS) is 37.1. The number of hydrogen-bond acceptors (Lipinski definition) is 3. The van der Waals surface area contributed by atoms with Crippen LogP contribution in [0.1, 0.15) is 26.7 Å². The second-order valence-corrected chi connectivity index (χ2v) is 6.26. The van der Waals surface area contributed by atoms with Crippen molar-refractivity contribution in [2.75, 3.05) is 11.5 Å². The first kappa shape index (κ1) is 9.99. The quantitative estimate of drug-likeness (QED) is 0.687. The Hall–Kier alpha value is -0.0900. The van der Waals surface area contributed by atoms with E-state index in [2.05, 4.69) is 19.2 Å². The summed E-state index contributed by atoms with van der Waals surface area (Å²) in [6.07, 6.45) is 1.81. The van der Waals surface area contributed by atoms with Crippen LogP contribution < -0.4 is 5.32 Å². The molecule has 1 fully saturated rings. The molecule has 1 aliphatic heterocycles. The predicted octanol–water partition coefficient (Wildman–Crippen LogP) is 1.19. The van der Waals surface area contributed by atoms with E-state index in [9.17, 15) is 4.21 Å². The zero-order valence-electron chi connectivity index (χ0n) is 7.80. The molecule has 0 atom stereocenters. The van der Waals surface area contributed by atoms with Gasteiger partial charge in [0.25, 0.3) is 0 Å². The molecule has 1 aliphatic rings. The topological polar surface area (TPSA) is 53.0 Å². The van der Waals surface area contributed by atoms with Gasteiger partial charge in [0.1, 0.15) is 0 Å². The molecule has 0 aromatic heterocycles. The Morgan fingerprint density at radius 2 is 1.92 bits per heavy atom. The summed E-state index contributed by atoms with van der Waals surface area (Å²) in [7, 11) is -2.19. The highest BCUT2D eigenvalue weighted by molar-refractivity contribution is 7.92. The van der Waals surface area contributed by atoms with E-state index in [0.717, 1.165) is 12.8 Å². The van der Waals surface area contributed by atoms with E-state index in [4.69, 9.17) is 4.78 Å². The summed E-state index contributed by atoms with van der Waals surface area (Å²) in [6, 6.07) is 0.986. The van der Waals surface area contributed by atoms with E-state index in [0.29, 0.717) is 23.6 Å². The van der Waals surface area contributed by atoms with Gasteiger partial charge in [0, 0.05) is 33.3 Å².